The summed E-state index contributed by atoms with van der Waals surface area (Å²) in [6, 6.07) is 0. The first kappa shape index (κ1) is 13.1. The number of aliphatic imine (C=N–C) groups is 1. The van der Waals surface area contributed by atoms with Gasteiger partial charge in [-0.15, -0.1) is 0 Å². The molecular weight excluding hydrogens is 266 g/mol. The van der Waals surface area contributed by atoms with E-state index in [0.29, 0.717) is 24.6 Å². The molecule has 1 spiro atoms. The summed E-state index contributed by atoms with van der Waals surface area (Å²) in [6.07, 6.45) is 9.23. The molecule has 4 rings (SSSR count). The van der Waals surface area contributed by atoms with Crippen molar-refractivity contribution in [1.82, 2.24) is 0 Å². The van der Waals surface area contributed by atoms with Crippen LogP contribution in [0.4, 0.5) is 0 Å². The predicted molar refractivity (Wildman–Crippen MR) is 79.6 cm³/mol. The number of nitrogens with zero attached hydrogens (tertiary/aromatic N) is 1. The van der Waals surface area contributed by atoms with Crippen molar-refractivity contribution in [2.24, 2.45) is 16.3 Å². The molecule has 0 bridgehead atoms. The summed E-state index contributed by atoms with van der Waals surface area (Å²) in [6.45, 7) is 2.26. The van der Waals surface area contributed by atoms with E-state index in [0.717, 1.165) is 18.6 Å². The lowest BCUT2D eigenvalue weighted by molar-refractivity contribution is 0.106. The Morgan fingerprint density at radius 2 is 2.33 bits per heavy atom. The fourth-order valence-electron chi connectivity index (χ4n) is 4.30. The molecule has 4 heteroatoms. The maximum absolute atomic E-state index is 10.2. The number of methoxy groups -OCH3 is 1. The first-order valence-electron chi connectivity index (χ1n) is 7.72. The van der Waals surface area contributed by atoms with Crippen LogP contribution < -0.4 is 0 Å². The largest absolute Gasteiger partial charge is 0.489 e. The minimum Gasteiger partial charge on any atom is -0.489 e. The van der Waals surface area contributed by atoms with Gasteiger partial charge in [-0.3, -0.25) is 0 Å². The van der Waals surface area contributed by atoms with Crippen molar-refractivity contribution in [2.45, 2.75) is 44.8 Å². The van der Waals surface area contributed by atoms with Gasteiger partial charge in [0.25, 0.3) is 0 Å². The second-order valence-corrected chi connectivity index (χ2v) is 6.67. The van der Waals surface area contributed by atoms with Gasteiger partial charge in [-0.05, 0) is 54.9 Å². The number of rotatable bonds is 1. The van der Waals surface area contributed by atoms with Crippen LogP contribution in [0, 0.1) is 11.3 Å². The van der Waals surface area contributed by atoms with E-state index in [4.69, 9.17) is 9.47 Å². The average Bonchev–Trinajstić information content (AvgIpc) is 2.66. The summed E-state index contributed by atoms with van der Waals surface area (Å²) in [7, 11) is 1.64. The Morgan fingerprint density at radius 3 is 3.14 bits per heavy atom. The molecule has 0 aromatic heterocycles. The van der Waals surface area contributed by atoms with Gasteiger partial charge in [0.2, 0.25) is 5.88 Å². The highest BCUT2D eigenvalue weighted by Gasteiger charge is 2.54. The number of allylic oxidation sites excluding steroid dienone is 2. The molecule has 0 saturated carbocycles. The lowest BCUT2D eigenvalue weighted by Gasteiger charge is -2.34. The van der Waals surface area contributed by atoms with E-state index in [1.54, 1.807) is 7.11 Å². The predicted octanol–water partition coefficient (Wildman–Crippen LogP) is 2.71. The molecule has 112 valence electrons. The molecule has 4 nitrogen and oxygen atoms in total. The van der Waals surface area contributed by atoms with E-state index in [1.807, 2.05) is 6.21 Å². The van der Waals surface area contributed by atoms with Crippen LogP contribution in [-0.4, -0.2) is 30.6 Å². The summed E-state index contributed by atoms with van der Waals surface area (Å²) in [5.74, 6) is 2.19. The molecule has 2 heterocycles. The Kier molecular flexibility index (Phi) is 2.80. The van der Waals surface area contributed by atoms with Gasteiger partial charge in [-0.25, -0.2) is 4.99 Å². The number of ether oxygens (including phenoxy) is 2. The highest BCUT2D eigenvalue weighted by molar-refractivity contribution is 5.83. The molecule has 2 aliphatic heterocycles. The molecule has 1 N–H and O–H groups in total. The highest BCUT2D eigenvalue weighted by atomic mass is 16.5. The second-order valence-electron chi connectivity index (χ2n) is 6.67. The lowest BCUT2D eigenvalue weighted by atomic mass is 9.66. The van der Waals surface area contributed by atoms with Crippen LogP contribution in [0.5, 0.6) is 0 Å². The lowest BCUT2D eigenvalue weighted by Crippen LogP contribution is -2.32. The van der Waals surface area contributed by atoms with Gasteiger partial charge >= 0.3 is 0 Å². The molecule has 0 aromatic carbocycles. The zero-order valence-corrected chi connectivity index (χ0v) is 12.5. The van der Waals surface area contributed by atoms with E-state index in [-0.39, 0.29) is 17.6 Å². The quantitative estimate of drug-likeness (QED) is 0.806. The summed E-state index contributed by atoms with van der Waals surface area (Å²) in [5, 5.41) is 10.2. The van der Waals surface area contributed by atoms with E-state index >= 15 is 0 Å². The summed E-state index contributed by atoms with van der Waals surface area (Å²) < 4.78 is 11.7. The Balaban J connectivity index is 1.94. The minimum absolute atomic E-state index is 0.124. The van der Waals surface area contributed by atoms with Crippen molar-refractivity contribution in [1.29, 1.82) is 0 Å². The van der Waals surface area contributed by atoms with E-state index < -0.39 is 0 Å². The van der Waals surface area contributed by atoms with Crippen LogP contribution in [0.1, 0.15) is 32.6 Å². The van der Waals surface area contributed by atoms with Gasteiger partial charge in [0.15, 0.2) is 0 Å². The van der Waals surface area contributed by atoms with Gasteiger partial charge in [0.1, 0.15) is 11.9 Å². The minimum atomic E-state index is -0.348. The summed E-state index contributed by atoms with van der Waals surface area (Å²) in [4.78, 5) is 4.48. The Labute approximate surface area is 124 Å². The fourth-order valence-corrected chi connectivity index (χ4v) is 4.30. The first-order chi connectivity index (χ1) is 10.1. The number of hydrogen-bond acceptors (Lipinski definition) is 4. The number of hydrogen-bond donors (Lipinski definition) is 1. The van der Waals surface area contributed by atoms with Crippen molar-refractivity contribution < 1.29 is 14.6 Å². The second kappa shape index (κ2) is 4.47. The van der Waals surface area contributed by atoms with E-state index in [2.05, 4.69) is 24.1 Å². The van der Waals surface area contributed by atoms with E-state index in [9.17, 15) is 5.11 Å². The molecule has 2 aliphatic carbocycles. The van der Waals surface area contributed by atoms with Crippen LogP contribution in [0.2, 0.25) is 0 Å². The van der Waals surface area contributed by atoms with Crippen LogP contribution in [0.25, 0.3) is 0 Å². The van der Waals surface area contributed by atoms with Crippen molar-refractivity contribution >= 4 is 6.21 Å². The SMILES string of the molecule is COC1=C[C@]23C[C@H](O)CC=C2OC2CC(C)CC(=C23)C=N1. The van der Waals surface area contributed by atoms with Crippen molar-refractivity contribution in [3.05, 3.63) is 34.9 Å². The van der Waals surface area contributed by atoms with Crippen LogP contribution in [-0.2, 0) is 9.47 Å². The van der Waals surface area contributed by atoms with Crippen LogP contribution in [0.15, 0.2) is 39.9 Å². The molecule has 0 amide bonds. The normalized spacial score (nSPS) is 40.6. The van der Waals surface area contributed by atoms with Crippen molar-refractivity contribution in [3.63, 3.8) is 0 Å². The van der Waals surface area contributed by atoms with Crippen molar-refractivity contribution in [3.8, 4) is 0 Å². The smallest absolute Gasteiger partial charge is 0.210 e. The molecule has 0 aromatic rings. The monoisotopic (exact) mass is 287 g/mol. The molecule has 2 unspecified atom stereocenters. The van der Waals surface area contributed by atoms with Gasteiger partial charge in [-0.2, -0.15) is 0 Å². The highest BCUT2D eigenvalue weighted by Crippen LogP contribution is 2.58. The molecule has 1 saturated heterocycles. The number of aliphatic hydroxyl groups excluding tert-OH is 1. The summed E-state index contributed by atoms with van der Waals surface area (Å²) in [5.41, 5.74) is 2.22. The zero-order valence-electron chi connectivity index (χ0n) is 12.5. The third-order valence-corrected chi connectivity index (χ3v) is 5.10. The van der Waals surface area contributed by atoms with E-state index in [1.165, 1.54) is 11.1 Å². The van der Waals surface area contributed by atoms with Gasteiger partial charge in [0, 0.05) is 6.21 Å². The van der Waals surface area contributed by atoms with Crippen LogP contribution >= 0.6 is 0 Å². The third kappa shape index (κ3) is 1.81. The molecule has 4 aliphatic rings. The topological polar surface area (TPSA) is 51.0 Å². The standard InChI is InChI=1S/C17H21NO3/c1-10-5-11-9-18-15(20-2)8-17-7-12(19)3-4-14(17)21-13(6-10)16(11)17/h4,8-10,12-13,19H,3,5-7H2,1-2H3/t10?,12-,13?,17-/m1/s1. The molecule has 0 radical (unpaired) electrons. The Morgan fingerprint density at radius 1 is 1.48 bits per heavy atom. The molecular formula is C17H21NO3. The molecule has 4 atom stereocenters. The fraction of sp³-hybridized carbons (Fsp3) is 0.588. The van der Waals surface area contributed by atoms with Crippen LogP contribution in [0.3, 0.4) is 0 Å². The maximum atomic E-state index is 10.2. The Hall–Kier alpha value is -1.55. The first-order valence-corrected chi connectivity index (χ1v) is 7.72. The van der Waals surface area contributed by atoms with Gasteiger partial charge in [-0.1, -0.05) is 6.92 Å². The molecule has 1 fully saturated rings. The Bertz CT molecular complexity index is 601. The van der Waals surface area contributed by atoms with Crippen molar-refractivity contribution in [2.75, 3.05) is 7.11 Å². The zero-order chi connectivity index (χ0) is 14.6. The molecule has 21 heavy (non-hydrogen) atoms. The van der Waals surface area contributed by atoms with Gasteiger partial charge in [0.05, 0.1) is 18.6 Å². The summed E-state index contributed by atoms with van der Waals surface area (Å²) >= 11 is 0. The van der Waals surface area contributed by atoms with Gasteiger partial charge < -0.3 is 14.6 Å². The third-order valence-electron chi connectivity index (χ3n) is 5.10. The maximum Gasteiger partial charge on any atom is 0.210 e. The number of aliphatic hydroxyl groups is 1. The average molecular weight is 287 g/mol.